The number of ketones is 1. The van der Waals surface area contributed by atoms with E-state index < -0.39 is 23.8 Å². The van der Waals surface area contributed by atoms with Crippen LogP contribution in [-0.2, 0) is 10.9 Å². The van der Waals surface area contributed by atoms with Gasteiger partial charge in [0, 0.05) is 0 Å². The molecule has 2 aromatic rings. The van der Waals surface area contributed by atoms with Crippen molar-refractivity contribution >= 4 is 11.8 Å². The quantitative estimate of drug-likeness (QED) is 0.762. The molecule has 1 atom stereocenters. The lowest BCUT2D eigenvalue weighted by molar-refractivity contribution is -0.137. The number of halogens is 3. The van der Waals surface area contributed by atoms with Crippen molar-refractivity contribution in [2.24, 2.45) is 0 Å². The van der Waals surface area contributed by atoms with Crippen molar-refractivity contribution in [1.29, 1.82) is 0 Å². The largest absolute Gasteiger partial charge is 0.484 e. The Bertz CT molecular complexity index is 842. The molecule has 0 fully saturated rings. The molecule has 0 spiro atoms. The number of hydrogen-bond acceptors (Lipinski definition) is 4. The lowest BCUT2D eigenvalue weighted by atomic mass is 9.94. The molecule has 3 rings (SSSR count). The number of ether oxygens (including phenoxy) is 2. The Kier molecular flexibility index (Phi) is 4.24. The van der Waals surface area contributed by atoms with Gasteiger partial charge in [-0.2, -0.15) is 13.2 Å². The van der Waals surface area contributed by atoms with Gasteiger partial charge >= 0.3 is 12.1 Å². The zero-order valence-corrected chi connectivity index (χ0v) is 13.1. The second kappa shape index (κ2) is 6.23. The second-order valence-electron chi connectivity index (χ2n) is 5.56. The van der Waals surface area contributed by atoms with Gasteiger partial charge in [0.2, 0.25) is 0 Å². The molecule has 25 heavy (non-hydrogen) atoms. The van der Waals surface area contributed by atoms with Gasteiger partial charge in [-0.1, -0.05) is 12.1 Å². The fraction of sp³-hybridized carbons (Fsp3) is 0.222. The van der Waals surface area contributed by atoms with Gasteiger partial charge in [0.05, 0.1) is 30.2 Å². The maximum Gasteiger partial charge on any atom is 0.416 e. The van der Waals surface area contributed by atoms with E-state index in [1.807, 2.05) is 0 Å². The lowest BCUT2D eigenvalue weighted by Crippen LogP contribution is -2.21. The minimum atomic E-state index is -4.53. The highest BCUT2D eigenvalue weighted by atomic mass is 19.4. The van der Waals surface area contributed by atoms with Gasteiger partial charge in [-0.15, -0.1) is 0 Å². The number of alkyl halides is 3. The molecule has 7 heteroatoms. The van der Waals surface area contributed by atoms with Gasteiger partial charge in [0.15, 0.2) is 5.78 Å². The van der Waals surface area contributed by atoms with Gasteiger partial charge < -0.3 is 9.47 Å². The summed E-state index contributed by atoms with van der Waals surface area (Å²) in [5, 5.41) is 0. The predicted molar refractivity (Wildman–Crippen MR) is 81.5 cm³/mol. The monoisotopic (exact) mass is 350 g/mol. The molecule has 130 valence electrons. The molecule has 0 saturated heterocycles. The number of carbonyl (C=O) groups excluding carboxylic acids is 2. The van der Waals surface area contributed by atoms with Crippen molar-refractivity contribution in [1.82, 2.24) is 0 Å². The Morgan fingerprint density at radius 3 is 2.64 bits per heavy atom. The zero-order valence-electron chi connectivity index (χ0n) is 13.1. The first-order valence-corrected chi connectivity index (χ1v) is 7.39. The van der Waals surface area contributed by atoms with E-state index in [-0.39, 0.29) is 29.1 Å². The average Bonchev–Trinajstić information content (AvgIpc) is 2.59. The first-order chi connectivity index (χ1) is 11.8. The van der Waals surface area contributed by atoms with E-state index >= 15 is 0 Å². The molecule has 2 aromatic carbocycles. The molecular formula is C18H13F3O4. The van der Waals surface area contributed by atoms with E-state index in [2.05, 4.69) is 4.74 Å². The molecule has 1 aliphatic heterocycles. The van der Waals surface area contributed by atoms with Crippen LogP contribution in [0.25, 0.3) is 0 Å². The number of methoxy groups -OCH3 is 1. The van der Waals surface area contributed by atoms with Crippen molar-refractivity contribution in [3.05, 3.63) is 64.7 Å². The van der Waals surface area contributed by atoms with Gasteiger partial charge in [-0.3, -0.25) is 4.79 Å². The van der Waals surface area contributed by atoms with E-state index in [1.54, 1.807) is 12.1 Å². The van der Waals surface area contributed by atoms with Crippen molar-refractivity contribution in [3.8, 4) is 5.75 Å². The Morgan fingerprint density at radius 1 is 1.20 bits per heavy atom. The van der Waals surface area contributed by atoms with Gasteiger partial charge in [0.25, 0.3) is 0 Å². The highest BCUT2D eigenvalue weighted by molar-refractivity contribution is 6.00. The van der Waals surface area contributed by atoms with Crippen LogP contribution < -0.4 is 4.74 Å². The number of hydrogen-bond donors (Lipinski definition) is 0. The van der Waals surface area contributed by atoms with Crippen LogP contribution in [0.15, 0.2) is 42.5 Å². The second-order valence-corrected chi connectivity index (χ2v) is 5.56. The summed E-state index contributed by atoms with van der Waals surface area (Å²) in [6.45, 7) is 0. The van der Waals surface area contributed by atoms with E-state index in [0.29, 0.717) is 5.56 Å². The summed E-state index contributed by atoms with van der Waals surface area (Å²) in [5.74, 6) is -0.980. The van der Waals surface area contributed by atoms with Crippen LogP contribution >= 0.6 is 0 Å². The normalized spacial score (nSPS) is 16.8. The molecule has 0 N–H and O–H groups in total. The minimum absolute atomic E-state index is 0.0248. The standard InChI is InChI=1S/C18H13F3O4/c1-24-17(23)11-4-2-3-10(7-11)15-9-14(22)13-6-5-12(18(19,20)21)8-16(13)25-15/h2-8,15H,9H2,1H3. The molecule has 0 amide bonds. The number of fused-ring (bicyclic) bond motifs is 1. The van der Waals surface area contributed by atoms with Gasteiger partial charge in [-0.05, 0) is 35.9 Å². The first kappa shape index (κ1) is 17.0. The average molecular weight is 350 g/mol. The number of rotatable bonds is 2. The smallest absolute Gasteiger partial charge is 0.416 e. The topological polar surface area (TPSA) is 52.6 Å². The first-order valence-electron chi connectivity index (χ1n) is 7.39. The van der Waals surface area contributed by atoms with Crippen molar-refractivity contribution < 1.29 is 32.2 Å². The summed E-state index contributed by atoms with van der Waals surface area (Å²) in [7, 11) is 1.24. The van der Waals surface area contributed by atoms with E-state index in [1.165, 1.54) is 19.2 Å². The van der Waals surface area contributed by atoms with Crippen molar-refractivity contribution in [3.63, 3.8) is 0 Å². The molecular weight excluding hydrogens is 337 g/mol. The molecule has 0 saturated carbocycles. The van der Waals surface area contributed by atoms with Gasteiger partial charge in [-0.25, -0.2) is 4.79 Å². The van der Waals surface area contributed by atoms with Crippen LogP contribution in [0.4, 0.5) is 13.2 Å². The third kappa shape index (κ3) is 3.35. The zero-order chi connectivity index (χ0) is 18.2. The molecule has 4 nitrogen and oxygen atoms in total. The summed E-state index contributed by atoms with van der Waals surface area (Å²) in [5.41, 5.74) is 0.0154. The number of carbonyl (C=O) groups is 2. The lowest BCUT2D eigenvalue weighted by Gasteiger charge is -2.26. The van der Waals surface area contributed by atoms with Crippen LogP contribution in [0.3, 0.4) is 0 Å². The van der Waals surface area contributed by atoms with Crippen LogP contribution in [0, 0.1) is 0 Å². The summed E-state index contributed by atoms with van der Waals surface area (Å²) in [4.78, 5) is 23.9. The molecule has 1 unspecified atom stereocenters. The van der Waals surface area contributed by atoms with Crippen molar-refractivity contribution in [2.75, 3.05) is 7.11 Å². The van der Waals surface area contributed by atoms with E-state index in [0.717, 1.165) is 18.2 Å². The Labute approximate surface area is 141 Å². The van der Waals surface area contributed by atoms with Crippen molar-refractivity contribution in [2.45, 2.75) is 18.7 Å². The molecule has 1 heterocycles. The van der Waals surface area contributed by atoms with Crippen LogP contribution in [-0.4, -0.2) is 18.9 Å². The number of benzene rings is 2. The maximum absolute atomic E-state index is 12.9. The summed E-state index contributed by atoms with van der Waals surface area (Å²) in [6.07, 6.45) is -5.32. The van der Waals surface area contributed by atoms with E-state index in [4.69, 9.17) is 4.74 Å². The Morgan fingerprint density at radius 2 is 1.96 bits per heavy atom. The third-order valence-electron chi connectivity index (χ3n) is 3.93. The SMILES string of the molecule is COC(=O)c1cccc(C2CC(=O)c3ccc(C(F)(F)F)cc3O2)c1. The highest BCUT2D eigenvalue weighted by Crippen LogP contribution is 2.39. The number of esters is 1. The highest BCUT2D eigenvalue weighted by Gasteiger charge is 2.34. The fourth-order valence-electron chi connectivity index (χ4n) is 2.67. The van der Waals surface area contributed by atoms with Crippen LogP contribution in [0.1, 0.15) is 44.4 Å². The molecule has 0 aromatic heterocycles. The van der Waals surface area contributed by atoms with E-state index in [9.17, 15) is 22.8 Å². The fourth-order valence-corrected chi connectivity index (χ4v) is 2.67. The Balaban J connectivity index is 1.95. The summed E-state index contributed by atoms with van der Waals surface area (Å²) < 4.78 is 48.8. The van der Waals surface area contributed by atoms with Gasteiger partial charge in [0.1, 0.15) is 11.9 Å². The van der Waals surface area contributed by atoms with Crippen LogP contribution in [0.2, 0.25) is 0 Å². The Hall–Kier alpha value is -2.83. The number of Topliss-reactive ketones (excluding diaryl/α,β-unsaturated/α-hetero) is 1. The third-order valence-corrected chi connectivity index (χ3v) is 3.93. The maximum atomic E-state index is 12.9. The summed E-state index contributed by atoms with van der Waals surface area (Å²) >= 11 is 0. The molecule has 1 aliphatic rings. The molecule has 0 aliphatic carbocycles. The summed E-state index contributed by atoms with van der Waals surface area (Å²) in [6, 6.07) is 9.08. The molecule has 0 bridgehead atoms. The molecule has 0 radical (unpaired) electrons. The predicted octanol–water partition coefficient (Wildman–Crippen LogP) is 4.20. The minimum Gasteiger partial charge on any atom is -0.484 e. The van der Waals surface area contributed by atoms with Crippen LogP contribution in [0.5, 0.6) is 5.75 Å².